The highest BCUT2D eigenvalue weighted by Crippen LogP contribution is 2.34. The molecule has 0 spiro atoms. The van der Waals surface area contributed by atoms with Crippen molar-refractivity contribution in [3.8, 4) is 11.5 Å². The number of nitrogens with one attached hydrogen (secondary N) is 4. The molecule has 0 radical (unpaired) electrons. The topological polar surface area (TPSA) is 188 Å². The van der Waals surface area contributed by atoms with Crippen molar-refractivity contribution in [2.24, 2.45) is 5.92 Å². The Kier molecular flexibility index (Phi) is 12.5. The molecule has 4 fully saturated rings. The number of nitrogens with zero attached hydrogens (tertiary/aromatic N) is 3. The van der Waals surface area contributed by atoms with Gasteiger partial charge in [0.2, 0.25) is 36.3 Å². The molecule has 318 valence electrons. The smallest absolute Gasteiger partial charge is 0.319 e. The van der Waals surface area contributed by atoms with Crippen LogP contribution in [0.4, 0.5) is 19.3 Å². The molecule has 1 unspecified atom stereocenters. The van der Waals surface area contributed by atoms with Gasteiger partial charge in [0.1, 0.15) is 41.8 Å². The number of anilines is 1. The number of carbonyl (C=O) groups is 6. The summed E-state index contributed by atoms with van der Waals surface area (Å²) in [5.41, 5.74) is 0.359. The molecular formula is C41H51F2N7O9. The lowest BCUT2D eigenvalue weighted by molar-refractivity contribution is -0.153. The van der Waals surface area contributed by atoms with E-state index in [4.69, 9.17) is 14.2 Å². The monoisotopic (exact) mass is 823 g/mol. The predicted molar refractivity (Wildman–Crippen MR) is 207 cm³/mol. The van der Waals surface area contributed by atoms with E-state index in [0.29, 0.717) is 74.9 Å². The lowest BCUT2D eigenvalue weighted by atomic mass is 9.99. The number of piperidine rings is 1. The summed E-state index contributed by atoms with van der Waals surface area (Å²) in [5, 5.41) is 10.8. The molecule has 7 amide bonds. The minimum atomic E-state index is -1.47. The van der Waals surface area contributed by atoms with Crippen molar-refractivity contribution in [1.29, 1.82) is 0 Å². The van der Waals surface area contributed by atoms with E-state index in [1.165, 1.54) is 15.9 Å². The molecule has 18 heteroatoms. The minimum Gasteiger partial charge on any atom is -0.454 e. The van der Waals surface area contributed by atoms with Crippen LogP contribution in [0.5, 0.6) is 11.5 Å². The maximum atomic E-state index is 14.7. The van der Waals surface area contributed by atoms with Gasteiger partial charge in [-0.15, -0.1) is 0 Å². The summed E-state index contributed by atoms with van der Waals surface area (Å²) in [5.74, 6) is -3.40. The molecule has 2 aromatic carbocycles. The zero-order chi connectivity index (χ0) is 42.0. The molecule has 0 aromatic heterocycles. The quantitative estimate of drug-likeness (QED) is 0.340. The SMILES string of the molecule is CC1OC[C@@H]2C[C@@H](C)CN2C(=O)[C@H](C)NC(=O)[C@@H]2CCCCN2C(=O)[C@@H]2CCCN2C(=O)[C@H]1NC(=O)[C@H](Cc1cc(F)cc(F)c1)NC(=O)Nc1ccc2c(c1)OCO2. The Morgan fingerprint density at radius 2 is 1.56 bits per heavy atom. The summed E-state index contributed by atoms with van der Waals surface area (Å²) in [6.45, 7) is 6.15. The number of rotatable bonds is 6. The van der Waals surface area contributed by atoms with Crippen molar-refractivity contribution in [2.75, 3.05) is 38.4 Å². The number of benzene rings is 2. The van der Waals surface area contributed by atoms with E-state index in [1.807, 2.05) is 6.92 Å². The molecule has 5 aliphatic rings. The van der Waals surface area contributed by atoms with E-state index in [9.17, 15) is 37.5 Å². The van der Waals surface area contributed by atoms with E-state index >= 15 is 0 Å². The van der Waals surface area contributed by atoms with Gasteiger partial charge in [-0.05, 0) is 88.1 Å². The number of fused-ring (bicyclic) bond motifs is 4. The van der Waals surface area contributed by atoms with Crippen LogP contribution in [-0.4, -0.2) is 126 Å². The second-order valence-electron chi connectivity index (χ2n) is 16.2. The Bertz CT molecular complexity index is 1950. The standard InChI is InChI=1S/C41H51F2N7O9/c1-22-13-29-20-57-24(3)35(40(55)49-12-6-8-32(49)39(54)48-11-5-4-7-31(48)37(52)44-23(2)38(53)50(29)19-22)47-36(51)30(16-25-14-26(42)17-27(43)15-25)46-41(56)45-28-9-10-33-34(18-28)59-21-58-33/h9-10,14-15,17-18,22-24,29-32,35H,4-8,11-13,16,19-21H2,1-3H3,(H,44,52)(H,47,51)(H2,45,46,56)/t22-,23+,24?,29+,30+,31+,32+,35+/m1/s1. The second kappa shape index (κ2) is 17.8. The maximum Gasteiger partial charge on any atom is 0.319 e. The number of halogens is 2. The second-order valence-corrected chi connectivity index (χ2v) is 16.2. The number of amides is 7. The van der Waals surface area contributed by atoms with Gasteiger partial charge in [0, 0.05) is 43.9 Å². The average Bonchev–Trinajstić information content (AvgIpc) is 3.97. The summed E-state index contributed by atoms with van der Waals surface area (Å²) >= 11 is 0. The van der Waals surface area contributed by atoms with Crippen molar-refractivity contribution < 1.29 is 51.8 Å². The average molecular weight is 824 g/mol. The highest BCUT2D eigenvalue weighted by molar-refractivity contribution is 5.98. The van der Waals surface area contributed by atoms with Gasteiger partial charge in [-0.2, -0.15) is 0 Å². The van der Waals surface area contributed by atoms with E-state index < -0.39 is 83.6 Å². The fraction of sp³-hybridized carbons (Fsp3) is 0.561. The van der Waals surface area contributed by atoms with E-state index in [2.05, 4.69) is 21.3 Å². The molecule has 4 saturated heterocycles. The van der Waals surface area contributed by atoms with Crippen molar-refractivity contribution in [3.05, 3.63) is 53.6 Å². The Morgan fingerprint density at radius 3 is 2.34 bits per heavy atom. The molecule has 0 bridgehead atoms. The maximum absolute atomic E-state index is 14.7. The molecule has 5 heterocycles. The highest BCUT2D eigenvalue weighted by Gasteiger charge is 2.46. The fourth-order valence-corrected chi connectivity index (χ4v) is 8.79. The zero-order valence-electron chi connectivity index (χ0n) is 33.3. The van der Waals surface area contributed by atoms with Gasteiger partial charge in [0.25, 0.3) is 0 Å². The summed E-state index contributed by atoms with van der Waals surface area (Å²) in [6.07, 6.45) is 1.78. The van der Waals surface area contributed by atoms with Crippen molar-refractivity contribution in [3.63, 3.8) is 0 Å². The third kappa shape index (κ3) is 9.37. The molecule has 5 aliphatic heterocycles. The number of hydrogen-bond acceptors (Lipinski definition) is 9. The molecule has 8 atom stereocenters. The van der Waals surface area contributed by atoms with Crippen molar-refractivity contribution in [1.82, 2.24) is 30.7 Å². The number of urea groups is 1. The molecular weight excluding hydrogens is 772 g/mol. The first kappa shape index (κ1) is 41.6. The van der Waals surface area contributed by atoms with Crippen LogP contribution in [0.3, 0.4) is 0 Å². The molecule has 59 heavy (non-hydrogen) atoms. The first-order valence-electron chi connectivity index (χ1n) is 20.3. The van der Waals surface area contributed by atoms with Crippen LogP contribution in [0.2, 0.25) is 0 Å². The van der Waals surface area contributed by atoms with Crippen LogP contribution < -0.4 is 30.7 Å². The molecule has 7 rings (SSSR count). The van der Waals surface area contributed by atoms with Gasteiger partial charge in [0.05, 0.1) is 18.8 Å². The Labute approximate surface area is 340 Å². The van der Waals surface area contributed by atoms with Crippen LogP contribution in [0.15, 0.2) is 36.4 Å². The van der Waals surface area contributed by atoms with Crippen LogP contribution in [0.1, 0.15) is 64.9 Å². The zero-order valence-corrected chi connectivity index (χ0v) is 33.3. The van der Waals surface area contributed by atoms with E-state index in [1.54, 1.807) is 30.9 Å². The Morgan fingerprint density at radius 1 is 0.847 bits per heavy atom. The van der Waals surface area contributed by atoms with Gasteiger partial charge >= 0.3 is 6.03 Å². The van der Waals surface area contributed by atoms with E-state index in [-0.39, 0.29) is 43.8 Å². The van der Waals surface area contributed by atoms with Gasteiger partial charge in [0.15, 0.2) is 11.5 Å². The van der Waals surface area contributed by atoms with Crippen molar-refractivity contribution in [2.45, 2.75) is 108 Å². The fourth-order valence-electron chi connectivity index (χ4n) is 8.79. The molecule has 2 aromatic rings. The summed E-state index contributed by atoms with van der Waals surface area (Å²) in [4.78, 5) is 89.0. The van der Waals surface area contributed by atoms with Crippen LogP contribution in [0.25, 0.3) is 0 Å². The van der Waals surface area contributed by atoms with Crippen LogP contribution in [0, 0.1) is 17.6 Å². The molecule has 4 N–H and O–H groups in total. The van der Waals surface area contributed by atoms with Gasteiger partial charge in [-0.25, -0.2) is 13.6 Å². The first-order chi connectivity index (χ1) is 28.2. The van der Waals surface area contributed by atoms with Crippen LogP contribution >= 0.6 is 0 Å². The summed E-state index contributed by atoms with van der Waals surface area (Å²) in [6, 6.07) is 0.701. The normalized spacial score (nSPS) is 28.0. The lowest BCUT2D eigenvalue weighted by Gasteiger charge is -2.40. The van der Waals surface area contributed by atoms with Crippen molar-refractivity contribution >= 4 is 41.3 Å². The molecule has 16 nitrogen and oxygen atoms in total. The van der Waals surface area contributed by atoms with E-state index in [0.717, 1.165) is 12.1 Å². The summed E-state index contributed by atoms with van der Waals surface area (Å²) in [7, 11) is 0. The third-order valence-electron chi connectivity index (χ3n) is 11.7. The summed E-state index contributed by atoms with van der Waals surface area (Å²) < 4.78 is 45.8. The van der Waals surface area contributed by atoms with Gasteiger partial charge in [-0.3, -0.25) is 24.0 Å². The lowest BCUT2D eigenvalue weighted by Crippen LogP contribution is -2.63. The Balaban J connectivity index is 1.18. The largest absolute Gasteiger partial charge is 0.454 e. The first-order valence-corrected chi connectivity index (χ1v) is 20.3. The van der Waals surface area contributed by atoms with Gasteiger partial charge in [-0.1, -0.05) is 6.92 Å². The number of ether oxygens (including phenoxy) is 3. The third-order valence-corrected chi connectivity index (χ3v) is 11.7. The predicted octanol–water partition coefficient (Wildman–Crippen LogP) is 2.44. The molecule has 0 saturated carbocycles. The number of hydrogen-bond donors (Lipinski definition) is 4. The number of carbonyl (C=O) groups excluding carboxylic acids is 6. The molecule has 0 aliphatic carbocycles. The highest BCUT2D eigenvalue weighted by atomic mass is 19.1. The van der Waals surface area contributed by atoms with Gasteiger partial charge < -0.3 is 50.2 Å². The Hall–Kier alpha value is -5.52. The minimum absolute atomic E-state index is 0.00148. The van der Waals surface area contributed by atoms with Crippen LogP contribution in [-0.2, 0) is 35.1 Å².